The van der Waals surface area contributed by atoms with Gasteiger partial charge >= 0.3 is 0 Å². The van der Waals surface area contributed by atoms with E-state index in [1.807, 2.05) is 66.9 Å². The minimum Gasteiger partial charge on any atom is -0.492 e. The molecular weight excluding hydrogens is 370 g/mol. The Balaban J connectivity index is 1.52. The molecule has 0 aliphatic rings. The van der Waals surface area contributed by atoms with Crippen LogP contribution in [0.3, 0.4) is 0 Å². The lowest BCUT2D eigenvalue weighted by molar-refractivity contribution is 0.104. The first-order chi connectivity index (χ1) is 14.4. The lowest BCUT2D eigenvalue weighted by atomic mass is 9.87. The van der Waals surface area contributed by atoms with Crippen molar-refractivity contribution in [2.45, 2.75) is 32.7 Å². The Morgan fingerprint density at radius 3 is 2.23 bits per heavy atom. The number of fused-ring (bicyclic) bond motifs is 1. The van der Waals surface area contributed by atoms with E-state index in [0.717, 1.165) is 22.2 Å². The molecule has 0 saturated carbocycles. The monoisotopic (exact) mass is 397 g/mol. The van der Waals surface area contributed by atoms with Crippen LogP contribution in [0.5, 0.6) is 5.75 Å². The van der Waals surface area contributed by atoms with E-state index in [-0.39, 0.29) is 11.2 Å². The van der Waals surface area contributed by atoms with Crippen LogP contribution >= 0.6 is 0 Å². The smallest absolute Gasteiger partial charge is 0.195 e. The molecule has 3 heteroatoms. The van der Waals surface area contributed by atoms with Gasteiger partial charge in [-0.25, -0.2) is 0 Å². The number of nitrogens with zero attached hydrogens (tertiary/aromatic N) is 1. The summed E-state index contributed by atoms with van der Waals surface area (Å²) < 4.78 is 8.08. The molecule has 0 radical (unpaired) electrons. The molecule has 1 heterocycles. The second-order valence-corrected chi connectivity index (χ2v) is 8.57. The molecular formula is C27H27NO2. The Kier molecular flexibility index (Phi) is 5.45. The Bertz CT molecular complexity index is 1150. The molecule has 3 aromatic carbocycles. The highest BCUT2D eigenvalue weighted by molar-refractivity contribution is 6.16. The molecule has 0 aliphatic carbocycles. The molecule has 30 heavy (non-hydrogen) atoms. The van der Waals surface area contributed by atoms with Crippen molar-refractivity contribution in [1.29, 1.82) is 0 Å². The minimum atomic E-state index is 0.0456. The SMILES string of the molecule is CC(C)(C)c1ccc(OCCn2cc(C(=O)c3ccccc3)c3ccccc32)cc1. The van der Waals surface area contributed by atoms with Gasteiger partial charge in [-0.2, -0.15) is 0 Å². The van der Waals surface area contributed by atoms with Crippen LogP contribution in [0.15, 0.2) is 85.1 Å². The van der Waals surface area contributed by atoms with Gasteiger partial charge in [0, 0.05) is 28.2 Å². The van der Waals surface area contributed by atoms with Gasteiger partial charge < -0.3 is 9.30 Å². The van der Waals surface area contributed by atoms with Crippen molar-refractivity contribution in [1.82, 2.24) is 4.57 Å². The van der Waals surface area contributed by atoms with Crippen LogP contribution in [0.4, 0.5) is 0 Å². The number of aromatic nitrogens is 1. The molecule has 0 unspecified atom stereocenters. The van der Waals surface area contributed by atoms with Gasteiger partial charge in [0.1, 0.15) is 12.4 Å². The van der Waals surface area contributed by atoms with Crippen molar-refractivity contribution in [2.75, 3.05) is 6.61 Å². The second-order valence-electron chi connectivity index (χ2n) is 8.57. The molecule has 4 rings (SSSR count). The van der Waals surface area contributed by atoms with Gasteiger partial charge in [-0.05, 0) is 29.2 Å². The summed E-state index contributed by atoms with van der Waals surface area (Å²) in [6, 6.07) is 25.8. The second kappa shape index (κ2) is 8.19. The lowest BCUT2D eigenvalue weighted by Gasteiger charge is -2.19. The fourth-order valence-electron chi connectivity index (χ4n) is 3.67. The summed E-state index contributed by atoms with van der Waals surface area (Å²) in [5, 5.41) is 0.973. The average molecular weight is 398 g/mol. The van der Waals surface area contributed by atoms with E-state index in [2.05, 4.69) is 43.5 Å². The summed E-state index contributed by atoms with van der Waals surface area (Å²) in [4.78, 5) is 13.0. The number of ether oxygens (including phenoxy) is 1. The molecule has 4 aromatic rings. The normalized spacial score (nSPS) is 11.6. The van der Waals surface area contributed by atoms with Gasteiger partial charge in [-0.3, -0.25) is 4.79 Å². The summed E-state index contributed by atoms with van der Waals surface area (Å²) in [6.07, 6.45) is 1.95. The van der Waals surface area contributed by atoms with Crippen LogP contribution in [-0.4, -0.2) is 17.0 Å². The predicted molar refractivity (Wildman–Crippen MR) is 122 cm³/mol. The number of hydrogen-bond acceptors (Lipinski definition) is 2. The highest BCUT2D eigenvalue weighted by Gasteiger charge is 2.16. The van der Waals surface area contributed by atoms with Crippen LogP contribution in [0, 0.1) is 0 Å². The van der Waals surface area contributed by atoms with Crippen molar-refractivity contribution in [3.05, 3.63) is 102 Å². The maximum Gasteiger partial charge on any atom is 0.195 e. The summed E-state index contributed by atoms with van der Waals surface area (Å²) in [7, 11) is 0. The first kappa shape index (κ1) is 20.0. The molecule has 1 aromatic heterocycles. The molecule has 3 nitrogen and oxygen atoms in total. The summed E-state index contributed by atoms with van der Waals surface area (Å²) in [5.41, 5.74) is 3.89. The number of hydrogen-bond donors (Lipinski definition) is 0. The number of ketones is 1. The van der Waals surface area contributed by atoms with Crippen LogP contribution in [0.1, 0.15) is 42.3 Å². The topological polar surface area (TPSA) is 31.2 Å². The fourth-order valence-corrected chi connectivity index (χ4v) is 3.67. The van der Waals surface area contributed by atoms with Crippen LogP contribution < -0.4 is 4.74 Å². The first-order valence-corrected chi connectivity index (χ1v) is 10.3. The Morgan fingerprint density at radius 2 is 1.53 bits per heavy atom. The van der Waals surface area contributed by atoms with E-state index < -0.39 is 0 Å². The zero-order valence-corrected chi connectivity index (χ0v) is 17.8. The maximum absolute atomic E-state index is 13.0. The highest BCUT2D eigenvalue weighted by atomic mass is 16.5. The van der Waals surface area contributed by atoms with Gasteiger partial charge in [0.05, 0.1) is 6.54 Å². The zero-order valence-electron chi connectivity index (χ0n) is 17.8. The van der Waals surface area contributed by atoms with Gasteiger partial charge in [0.25, 0.3) is 0 Å². The molecule has 0 N–H and O–H groups in total. The van der Waals surface area contributed by atoms with E-state index in [1.54, 1.807) is 0 Å². The number of carbonyl (C=O) groups is 1. The quantitative estimate of drug-likeness (QED) is 0.360. The molecule has 0 fully saturated rings. The summed E-state index contributed by atoms with van der Waals surface area (Å²) >= 11 is 0. The minimum absolute atomic E-state index is 0.0456. The van der Waals surface area contributed by atoms with Crippen molar-refractivity contribution >= 4 is 16.7 Å². The Morgan fingerprint density at radius 1 is 0.867 bits per heavy atom. The van der Waals surface area contributed by atoms with Gasteiger partial charge in [0.15, 0.2) is 5.78 Å². The van der Waals surface area contributed by atoms with E-state index in [0.29, 0.717) is 18.7 Å². The number of benzene rings is 3. The molecule has 0 aliphatic heterocycles. The molecule has 0 amide bonds. The maximum atomic E-state index is 13.0. The van der Waals surface area contributed by atoms with E-state index in [9.17, 15) is 4.79 Å². The summed E-state index contributed by atoms with van der Waals surface area (Å²) in [6.45, 7) is 7.81. The van der Waals surface area contributed by atoms with Crippen LogP contribution in [0.2, 0.25) is 0 Å². The van der Waals surface area contributed by atoms with E-state index in [1.165, 1.54) is 5.56 Å². The Hall–Kier alpha value is -3.33. The van der Waals surface area contributed by atoms with Crippen LogP contribution in [-0.2, 0) is 12.0 Å². The number of rotatable bonds is 6. The third-order valence-corrected chi connectivity index (χ3v) is 5.39. The molecule has 0 atom stereocenters. The van der Waals surface area contributed by atoms with Crippen molar-refractivity contribution < 1.29 is 9.53 Å². The van der Waals surface area contributed by atoms with Crippen LogP contribution in [0.25, 0.3) is 10.9 Å². The molecule has 0 saturated heterocycles. The standard InChI is InChI=1S/C27H27NO2/c1-27(2,3)21-13-15-22(16-14-21)30-18-17-28-19-24(23-11-7-8-12-25(23)28)26(29)20-9-5-4-6-10-20/h4-16,19H,17-18H2,1-3H3. The number of carbonyl (C=O) groups excluding carboxylic acids is 1. The van der Waals surface area contributed by atoms with Crippen molar-refractivity contribution in [3.8, 4) is 5.75 Å². The molecule has 0 spiro atoms. The first-order valence-electron chi connectivity index (χ1n) is 10.3. The summed E-state index contributed by atoms with van der Waals surface area (Å²) in [5.74, 6) is 0.907. The number of para-hydroxylation sites is 1. The fraction of sp³-hybridized carbons (Fsp3) is 0.222. The largest absolute Gasteiger partial charge is 0.492 e. The lowest BCUT2D eigenvalue weighted by Crippen LogP contribution is -2.11. The molecule has 0 bridgehead atoms. The van der Waals surface area contributed by atoms with E-state index >= 15 is 0 Å². The zero-order chi connectivity index (χ0) is 21.1. The molecule has 152 valence electrons. The Labute approximate surface area is 177 Å². The average Bonchev–Trinajstić information content (AvgIpc) is 3.12. The van der Waals surface area contributed by atoms with Gasteiger partial charge in [0.2, 0.25) is 0 Å². The van der Waals surface area contributed by atoms with E-state index in [4.69, 9.17) is 4.74 Å². The van der Waals surface area contributed by atoms with Gasteiger partial charge in [-0.1, -0.05) is 81.4 Å². The predicted octanol–water partition coefficient (Wildman–Crippen LogP) is 6.25. The van der Waals surface area contributed by atoms with Crippen molar-refractivity contribution in [3.63, 3.8) is 0 Å². The van der Waals surface area contributed by atoms with Gasteiger partial charge in [-0.15, -0.1) is 0 Å². The van der Waals surface area contributed by atoms with Crippen molar-refractivity contribution in [2.24, 2.45) is 0 Å². The third kappa shape index (κ3) is 4.16. The third-order valence-electron chi connectivity index (χ3n) is 5.39. The highest BCUT2D eigenvalue weighted by Crippen LogP contribution is 2.26.